The molecule has 2 amide bonds. The average Bonchev–Trinajstić information content (AvgIpc) is 2.75. The molecule has 154 valence electrons. The first-order valence-electron chi connectivity index (χ1n) is 9.83. The number of morpholine rings is 1. The highest BCUT2D eigenvalue weighted by Crippen LogP contribution is 2.16. The summed E-state index contributed by atoms with van der Waals surface area (Å²) in [6.45, 7) is 8.10. The smallest absolute Gasteiger partial charge is 0.241 e. The standard InChI is InChI=1S/C20H30N4O4/c1-16(20(26)21-17-3-5-18(27-2)6-4-17)23-9-7-22(8-10-23)15-19(25)24-11-13-28-14-12-24/h3-6,16H,7-15H2,1-2H3,(H,21,26)/t16-/m0/s1. The van der Waals surface area contributed by atoms with Gasteiger partial charge in [0.2, 0.25) is 11.8 Å². The number of amides is 2. The zero-order valence-corrected chi connectivity index (χ0v) is 16.7. The summed E-state index contributed by atoms with van der Waals surface area (Å²) in [6, 6.07) is 7.09. The Balaban J connectivity index is 1.42. The molecule has 0 unspecified atom stereocenters. The van der Waals surface area contributed by atoms with E-state index in [-0.39, 0.29) is 17.9 Å². The maximum Gasteiger partial charge on any atom is 0.241 e. The Hall–Kier alpha value is -2.16. The van der Waals surface area contributed by atoms with Gasteiger partial charge < -0.3 is 19.7 Å². The van der Waals surface area contributed by atoms with Crippen molar-refractivity contribution in [1.29, 1.82) is 0 Å². The summed E-state index contributed by atoms with van der Waals surface area (Å²) in [5.41, 5.74) is 0.757. The van der Waals surface area contributed by atoms with E-state index in [9.17, 15) is 9.59 Å². The van der Waals surface area contributed by atoms with Crippen molar-refractivity contribution in [2.45, 2.75) is 13.0 Å². The van der Waals surface area contributed by atoms with Gasteiger partial charge in [-0.05, 0) is 31.2 Å². The van der Waals surface area contributed by atoms with Crippen molar-refractivity contribution < 1.29 is 19.1 Å². The lowest BCUT2D eigenvalue weighted by molar-refractivity contribution is -0.137. The maximum absolute atomic E-state index is 12.6. The Morgan fingerprint density at radius 2 is 1.71 bits per heavy atom. The van der Waals surface area contributed by atoms with Gasteiger partial charge in [-0.15, -0.1) is 0 Å². The summed E-state index contributed by atoms with van der Waals surface area (Å²) >= 11 is 0. The number of nitrogens with one attached hydrogen (secondary N) is 1. The summed E-state index contributed by atoms with van der Waals surface area (Å²) in [5.74, 6) is 0.902. The van der Waals surface area contributed by atoms with Gasteiger partial charge in [-0.2, -0.15) is 0 Å². The first-order chi connectivity index (χ1) is 13.6. The largest absolute Gasteiger partial charge is 0.497 e. The highest BCUT2D eigenvalue weighted by atomic mass is 16.5. The molecule has 3 rings (SSSR count). The zero-order chi connectivity index (χ0) is 19.9. The van der Waals surface area contributed by atoms with E-state index in [0.29, 0.717) is 32.8 Å². The van der Waals surface area contributed by atoms with Crippen LogP contribution in [0.2, 0.25) is 0 Å². The van der Waals surface area contributed by atoms with E-state index >= 15 is 0 Å². The van der Waals surface area contributed by atoms with Crippen LogP contribution in [-0.2, 0) is 14.3 Å². The molecule has 0 radical (unpaired) electrons. The molecule has 2 heterocycles. The highest BCUT2D eigenvalue weighted by molar-refractivity contribution is 5.94. The van der Waals surface area contributed by atoms with Crippen LogP contribution in [0.3, 0.4) is 0 Å². The predicted octanol–water partition coefficient (Wildman–Crippen LogP) is 0.499. The first kappa shape index (κ1) is 20.6. The molecule has 0 saturated carbocycles. The fourth-order valence-corrected chi connectivity index (χ4v) is 3.50. The Kier molecular flexibility index (Phi) is 7.24. The molecule has 2 fully saturated rings. The second kappa shape index (κ2) is 9.86. The SMILES string of the molecule is COc1ccc(NC(=O)[C@H](C)N2CCN(CC(=O)N3CCOCC3)CC2)cc1. The Morgan fingerprint density at radius 3 is 2.32 bits per heavy atom. The Labute approximate surface area is 166 Å². The lowest BCUT2D eigenvalue weighted by atomic mass is 10.2. The third kappa shape index (κ3) is 5.43. The number of rotatable bonds is 6. The predicted molar refractivity (Wildman–Crippen MR) is 106 cm³/mol. The van der Waals surface area contributed by atoms with Gasteiger partial charge in [-0.25, -0.2) is 0 Å². The number of hydrogen-bond acceptors (Lipinski definition) is 6. The van der Waals surface area contributed by atoms with Gasteiger partial charge in [0.25, 0.3) is 0 Å². The summed E-state index contributed by atoms with van der Waals surface area (Å²) in [7, 11) is 1.61. The van der Waals surface area contributed by atoms with Gasteiger partial charge in [-0.1, -0.05) is 0 Å². The van der Waals surface area contributed by atoms with E-state index in [1.165, 1.54) is 0 Å². The minimum absolute atomic E-state index is 0.0250. The molecule has 2 aliphatic rings. The van der Waals surface area contributed by atoms with Crippen molar-refractivity contribution in [2.24, 2.45) is 0 Å². The third-order valence-corrected chi connectivity index (χ3v) is 5.41. The second-order valence-corrected chi connectivity index (χ2v) is 7.20. The molecule has 1 N–H and O–H groups in total. The van der Waals surface area contributed by atoms with E-state index in [1.807, 2.05) is 36.1 Å². The van der Waals surface area contributed by atoms with Crippen molar-refractivity contribution in [1.82, 2.24) is 14.7 Å². The molecule has 0 aromatic heterocycles. The molecule has 0 aliphatic carbocycles. The normalized spacial score (nSPS) is 19.9. The Bertz CT molecular complexity index is 653. The molecule has 1 aromatic carbocycles. The molecular formula is C20H30N4O4. The topological polar surface area (TPSA) is 74.4 Å². The minimum atomic E-state index is -0.223. The quantitative estimate of drug-likeness (QED) is 0.763. The van der Waals surface area contributed by atoms with Crippen LogP contribution in [0.5, 0.6) is 5.75 Å². The average molecular weight is 390 g/mol. The van der Waals surface area contributed by atoms with E-state index in [4.69, 9.17) is 9.47 Å². The maximum atomic E-state index is 12.6. The Morgan fingerprint density at radius 1 is 1.07 bits per heavy atom. The van der Waals surface area contributed by atoms with Gasteiger partial charge in [0.1, 0.15) is 5.75 Å². The van der Waals surface area contributed by atoms with E-state index in [1.54, 1.807) is 7.11 Å². The third-order valence-electron chi connectivity index (χ3n) is 5.41. The van der Waals surface area contributed by atoms with Gasteiger partial charge >= 0.3 is 0 Å². The molecule has 1 aromatic rings. The van der Waals surface area contributed by atoms with Gasteiger partial charge in [0.05, 0.1) is 32.9 Å². The fraction of sp³-hybridized carbons (Fsp3) is 0.600. The van der Waals surface area contributed by atoms with Crippen LogP contribution in [0.4, 0.5) is 5.69 Å². The van der Waals surface area contributed by atoms with Gasteiger partial charge in [0, 0.05) is 45.0 Å². The monoisotopic (exact) mass is 390 g/mol. The summed E-state index contributed by atoms with van der Waals surface area (Å²) in [6.07, 6.45) is 0. The lowest BCUT2D eigenvalue weighted by Gasteiger charge is -2.38. The first-order valence-corrected chi connectivity index (χ1v) is 9.83. The summed E-state index contributed by atoms with van der Waals surface area (Å²) < 4.78 is 10.4. The number of hydrogen-bond donors (Lipinski definition) is 1. The van der Waals surface area contributed by atoms with Crippen molar-refractivity contribution in [3.05, 3.63) is 24.3 Å². The molecule has 8 heteroatoms. The highest BCUT2D eigenvalue weighted by Gasteiger charge is 2.27. The van der Waals surface area contributed by atoms with Crippen molar-refractivity contribution >= 4 is 17.5 Å². The molecule has 0 bridgehead atoms. The number of carbonyl (C=O) groups excluding carboxylic acids is 2. The molecule has 2 saturated heterocycles. The van der Waals surface area contributed by atoms with Crippen LogP contribution in [0.15, 0.2) is 24.3 Å². The van der Waals surface area contributed by atoms with Crippen molar-refractivity contribution in [2.75, 3.05) is 71.5 Å². The second-order valence-electron chi connectivity index (χ2n) is 7.20. The number of piperazine rings is 1. The van der Waals surface area contributed by atoms with E-state index in [2.05, 4.69) is 15.1 Å². The molecule has 0 spiro atoms. The number of benzene rings is 1. The summed E-state index contributed by atoms with van der Waals surface area (Å²) in [5, 5.41) is 2.95. The van der Waals surface area contributed by atoms with Crippen LogP contribution in [-0.4, -0.2) is 98.7 Å². The van der Waals surface area contributed by atoms with Crippen molar-refractivity contribution in [3.63, 3.8) is 0 Å². The van der Waals surface area contributed by atoms with E-state index < -0.39 is 0 Å². The van der Waals surface area contributed by atoms with Crippen LogP contribution in [0.1, 0.15) is 6.92 Å². The molecular weight excluding hydrogens is 360 g/mol. The molecule has 2 aliphatic heterocycles. The van der Waals surface area contributed by atoms with Gasteiger partial charge in [-0.3, -0.25) is 19.4 Å². The summed E-state index contributed by atoms with van der Waals surface area (Å²) in [4.78, 5) is 31.1. The zero-order valence-electron chi connectivity index (χ0n) is 16.7. The number of nitrogens with zero attached hydrogens (tertiary/aromatic N) is 3. The molecule has 8 nitrogen and oxygen atoms in total. The number of anilines is 1. The molecule has 28 heavy (non-hydrogen) atoms. The van der Waals surface area contributed by atoms with Crippen LogP contribution in [0.25, 0.3) is 0 Å². The lowest BCUT2D eigenvalue weighted by Crippen LogP contribution is -2.55. The number of carbonyl (C=O) groups is 2. The van der Waals surface area contributed by atoms with Crippen molar-refractivity contribution in [3.8, 4) is 5.75 Å². The van der Waals surface area contributed by atoms with Crippen LogP contribution in [0, 0.1) is 0 Å². The minimum Gasteiger partial charge on any atom is -0.497 e. The van der Waals surface area contributed by atoms with Crippen LogP contribution < -0.4 is 10.1 Å². The van der Waals surface area contributed by atoms with Gasteiger partial charge in [0.15, 0.2) is 0 Å². The number of methoxy groups -OCH3 is 1. The fourth-order valence-electron chi connectivity index (χ4n) is 3.50. The van der Waals surface area contributed by atoms with Crippen LogP contribution >= 0.6 is 0 Å². The number of ether oxygens (including phenoxy) is 2. The molecule has 1 atom stereocenters. The van der Waals surface area contributed by atoms with E-state index in [0.717, 1.165) is 37.6 Å².